The van der Waals surface area contributed by atoms with Crippen molar-refractivity contribution in [2.24, 2.45) is 0 Å². The number of amides is 1. The number of furan rings is 1. The molecule has 3 heterocycles. The van der Waals surface area contributed by atoms with E-state index < -0.39 is 0 Å². The average molecular weight is 339 g/mol. The molecule has 0 unspecified atom stereocenters. The molecule has 0 atom stereocenters. The summed E-state index contributed by atoms with van der Waals surface area (Å²) in [5.74, 6) is 1.98. The Labute approximate surface area is 145 Å². The Hall–Kier alpha value is -2.67. The van der Waals surface area contributed by atoms with Crippen molar-refractivity contribution in [2.75, 3.05) is 6.54 Å². The van der Waals surface area contributed by atoms with E-state index in [2.05, 4.69) is 32.5 Å². The van der Waals surface area contributed by atoms with Gasteiger partial charge in [-0.2, -0.15) is 0 Å². The van der Waals surface area contributed by atoms with E-state index in [1.54, 1.807) is 0 Å². The maximum atomic E-state index is 12.2. The minimum atomic E-state index is -0.167. The smallest absolute Gasteiger partial charge is 0.289 e. The SMILES string of the molecule is CC(C)NC(=O)c1nnc2n1CCN(Cc1cc3ccccc3o1)C2. The number of nitrogens with zero attached hydrogens (tertiary/aromatic N) is 4. The van der Waals surface area contributed by atoms with Gasteiger partial charge in [-0.3, -0.25) is 9.69 Å². The summed E-state index contributed by atoms with van der Waals surface area (Å²) >= 11 is 0. The summed E-state index contributed by atoms with van der Waals surface area (Å²) < 4.78 is 7.81. The van der Waals surface area contributed by atoms with E-state index in [0.717, 1.165) is 35.6 Å². The standard InChI is InChI=1S/C18H21N5O2/c1-12(2)19-18(24)17-21-20-16-11-22(7-8-23(16)17)10-14-9-13-5-3-4-6-15(13)25-14/h3-6,9,12H,7-8,10-11H2,1-2H3,(H,19,24). The highest BCUT2D eigenvalue weighted by Crippen LogP contribution is 2.22. The number of hydrogen-bond donors (Lipinski definition) is 1. The van der Waals surface area contributed by atoms with Gasteiger partial charge in [0.05, 0.1) is 13.1 Å². The van der Waals surface area contributed by atoms with Gasteiger partial charge in [0.1, 0.15) is 17.2 Å². The lowest BCUT2D eigenvalue weighted by Crippen LogP contribution is -2.37. The Kier molecular flexibility index (Phi) is 4.01. The molecule has 0 radical (unpaired) electrons. The first kappa shape index (κ1) is 15.8. The van der Waals surface area contributed by atoms with Crippen LogP contribution in [-0.2, 0) is 19.6 Å². The lowest BCUT2D eigenvalue weighted by molar-refractivity contribution is 0.0923. The number of carbonyl (C=O) groups is 1. The van der Waals surface area contributed by atoms with Crippen LogP contribution in [0.15, 0.2) is 34.7 Å². The number of rotatable bonds is 4. The van der Waals surface area contributed by atoms with E-state index in [1.165, 1.54) is 0 Å². The summed E-state index contributed by atoms with van der Waals surface area (Å²) in [6.45, 7) is 6.75. The largest absolute Gasteiger partial charge is 0.460 e. The Morgan fingerprint density at radius 1 is 1.28 bits per heavy atom. The van der Waals surface area contributed by atoms with E-state index in [9.17, 15) is 4.79 Å². The molecule has 0 spiro atoms. The second-order valence-electron chi connectivity index (χ2n) is 6.68. The first-order chi connectivity index (χ1) is 12.1. The molecular weight excluding hydrogens is 318 g/mol. The molecule has 0 saturated heterocycles. The molecule has 0 aliphatic carbocycles. The summed E-state index contributed by atoms with van der Waals surface area (Å²) in [4.78, 5) is 14.5. The number of nitrogens with one attached hydrogen (secondary N) is 1. The van der Waals surface area contributed by atoms with Crippen molar-refractivity contribution >= 4 is 16.9 Å². The highest BCUT2D eigenvalue weighted by molar-refractivity contribution is 5.90. The molecule has 1 aliphatic rings. The molecule has 0 fully saturated rings. The lowest BCUT2D eigenvalue weighted by atomic mass is 10.2. The number of fused-ring (bicyclic) bond motifs is 2. The zero-order valence-electron chi connectivity index (χ0n) is 14.4. The number of benzene rings is 1. The van der Waals surface area contributed by atoms with E-state index in [4.69, 9.17) is 4.42 Å². The summed E-state index contributed by atoms with van der Waals surface area (Å²) in [5.41, 5.74) is 0.908. The molecule has 7 heteroatoms. The zero-order chi connectivity index (χ0) is 17.4. The molecule has 1 aromatic carbocycles. The third-order valence-corrected chi connectivity index (χ3v) is 4.31. The van der Waals surface area contributed by atoms with Crippen molar-refractivity contribution in [3.63, 3.8) is 0 Å². The summed E-state index contributed by atoms with van der Waals surface area (Å²) in [6.07, 6.45) is 0. The third kappa shape index (κ3) is 3.15. The van der Waals surface area contributed by atoms with Gasteiger partial charge in [-0.15, -0.1) is 10.2 Å². The predicted molar refractivity (Wildman–Crippen MR) is 93.0 cm³/mol. The number of para-hydroxylation sites is 1. The second-order valence-corrected chi connectivity index (χ2v) is 6.68. The van der Waals surface area contributed by atoms with Crippen LogP contribution in [0.3, 0.4) is 0 Å². The summed E-state index contributed by atoms with van der Waals surface area (Å²) in [7, 11) is 0. The minimum absolute atomic E-state index is 0.0774. The lowest BCUT2D eigenvalue weighted by Gasteiger charge is -2.26. The number of carbonyl (C=O) groups excluding carboxylic acids is 1. The predicted octanol–water partition coefficient (Wildman–Crippen LogP) is 2.18. The molecule has 0 bridgehead atoms. The molecule has 1 N–H and O–H groups in total. The minimum Gasteiger partial charge on any atom is -0.460 e. The van der Waals surface area contributed by atoms with Crippen LogP contribution in [0.25, 0.3) is 11.0 Å². The van der Waals surface area contributed by atoms with Gasteiger partial charge < -0.3 is 14.3 Å². The van der Waals surface area contributed by atoms with E-state index in [-0.39, 0.29) is 11.9 Å². The zero-order valence-corrected chi connectivity index (χ0v) is 14.4. The normalized spacial score (nSPS) is 14.8. The van der Waals surface area contributed by atoms with Crippen LogP contribution in [-0.4, -0.2) is 38.2 Å². The highest BCUT2D eigenvalue weighted by atomic mass is 16.3. The van der Waals surface area contributed by atoms with Crippen molar-refractivity contribution < 1.29 is 9.21 Å². The second kappa shape index (κ2) is 6.33. The van der Waals surface area contributed by atoms with Crippen LogP contribution in [0.4, 0.5) is 0 Å². The number of aromatic nitrogens is 3. The van der Waals surface area contributed by atoms with Gasteiger partial charge in [0.15, 0.2) is 0 Å². The molecule has 4 rings (SSSR count). The van der Waals surface area contributed by atoms with E-state index in [1.807, 2.05) is 36.6 Å². The van der Waals surface area contributed by atoms with Gasteiger partial charge >= 0.3 is 0 Å². The van der Waals surface area contributed by atoms with Crippen LogP contribution in [0.5, 0.6) is 0 Å². The monoisotopic (exact) mass is 339 g/mol. The Morgan fingerprint density at radius 2 is 2.12 bits per heavy atom. The fourth-order valence-electron chi connectivity index (χ4n) is 3.17. The maximum Gasteiger partial charge on any atom is 0.289 e. The molecular formula is C18H21N5O2. The summed E-state index contributed by atoms with van der Waals surface area (Å²) in [6, 6.07) is 10.2. The first-order valence-electron chi connectivity index (χ1n) is 8.53. The molecule has 130 valence electrons. The van der Waals surface area contributed by atoms with Crippen LogP contribution < -0.4 is 5.32 Å². The first-order valence-corrected chi connectivity index (χ1v) is 8.53. The molecule has 2 aromatic heterocycles. The average Bonchev–Trinajstić information content (AvgIpc) is 3.16. The van der Waals surface area contributed by atoms with Crippen LogP contribution in [0, 0.1) is 0 Å². The van der Waals surface area contributed by atoms with Gasteiger partial charge in [-0.1, -0.05) is 18.2 Å². The van der Waals surface area contributed by atoms with Crippen LogP contribution in [0.1, 0.15) is 36.1 Å². The van der Waals surface area contributed by atoms with Gasteiger partial charge in [0.25, 0.3) is 5.91 Å². The highest BCUT2D eigenvalue weighted by Gasteiger charge is 2.25. The molecule has 7 nitrogen and oxygen atoms in total. The molecule has 1 aliphatic heterocycles. The topological polar surface area (TPSA) is 76.2 Å². The summed E-state index contributed by atoms with van der Waals surface area (Å²) in [5, 5.41) is 12.3. The Morgan fingerprint density at radius 3 is 2.92 bits per heavy atom. The van der Waals surface area contributed by atoms with Gasteiger partial charge in [0.2, 0.25) is 5.82 Å². The van der Waals surface area contributed by atoms with Crippen molar-refractivity contribution in [1.29, 1.82) is 0 Å². The molecule has 1 amide bonds. The van der Waals surface area contributed by atoms with Crippen molar-refractivity contribution in [3.8, 4) is 0 Å². The van der Waals surface area contributed by atoms with Crippen LogP contribution >= 0.6 is 0 Å². The van der Waals surface area contributed by atoms with Crippen molar-refractivity contribution in [1.82, 2.24) is 25.0 Å². The quantitative estimate of drug-likeness (QED) is 0.788. The third-order valence-electron chi connectivity index (χ3n) is 4.31. The van der Waals surface area contributed by atoms with Crippen LogP contribution in [0.2, 0.25) is 0 Å². The van der Waals surface area contributed by atoms with Gasteiger partial charge in [0, 0.05) is 24.5 Å². The fourth-order valence-corrected chi connectivity index (χ4v) is 3.17. The molecule has 25 heavy (non-hydrogen) atoms. The Bertz CT molecular complexity index is 878. The van der Waals surface area contributed by atoms with Gasteiger partial charge in [-0.25, -0.2) is 0 Å². The molecule has 3 aromatic rings. The van der Waals surface area contributed by atoms with E-state index in [0.29, 0.717) is 18.9 Å². The maximum absolute atomic E-state index is 12.2. The fraction of sp³-hybridized carbons (Fsp3) is 0.389. The molecule has 0 saturated carbocycles. The Balaban J connectivity index is 1.48. The van der Waals surface area contributed by atoms with Gasteiger partial charge in [-0.05, 0) is 26.0 Å². The van der Waals surface area contributed by atoms with Crippen molar-refractivity contribution in [2.45, 2.75) is 39.5 Å². The van der Waals surface area contributed by atoms with Crippen molar-refractivity contribution in [3.05, 3.63) is 47.7 Å². The number of hydrogen-bond acceptors (Lipinski definition) is 5. The van der Waals surface area contributed by atoms with E-state index >= 15 is 0 Å².